The molecule has 0 aliphatic heterocycles. The van der Waals surface area contributed by atoms with Gasteiger partial charge in [-0.25, -0.2) is 4.79 Å². The van der Waals surface area contributed by atoms with E-state index in [1.165, 1.54) is 0 Å². The summed E-state index contributed by atoms with van der Waals surface area (Å²) >= 11 is 0. The number of hydrogen-bond donors (Lipinski definition) is 1. The summed E-state index contributed by atoms with van der Waals surface area (Å²) in [4.78, 5) is 19.0. The summed E-state index contributed by atoms with van der Waals surface area (Å²) in [6.07, 6.45) is 0.942. The van der Waals surface area contributed by atoms with E-state index in [0.717, 1.165) is 0 Å². The smallest absolute Gasteiger partial charge is 1.00 e. The molecule has 0 rings (SSSR count). The summed E-state index contributed by atoms with van der Waals surface area (Å²) in [6, 6.07) is 0. The zero-order chi connectivity index (χ0) is 6.57. The SMILES string of the molecule is O=C([O-])/C=C/C(=O)O.[Cl-].[Na+].[Na+]. The van der Waals surface area contributed by atoms with E-state index in [0.29, 0.717) is 12.2 Å². The number of carbonyl (C=O) groups excluding carboxylic acids is 1. The van der Waals surface area contributed by atoms with Crippen molar-refractivity contribution in [3.8, 4) is 0 Å². The Labute approximate surface area is 114 Å². The molecule has 0 saturated carbocycles. The Balaban J connectivity index is -0.0000000817. The van der Waals surface area contributed by atoms with Crippen LogP contribution in [0.1, 0.15) is 0 Å². The van der Waals surface area contributed by atoms with Crippen molar-refractivity contribution in [1.29, 1.82) is 0 Å². The van der Waals surface area contributed by atoms with E-state index in [2.05, 4.69) is 0 Å². The Morgan fingerprint density at radius 2 is 1.55 bits per heavy atom. The van der Waals surface area contributed by atoms with E-state index in [1.807, 2.05) is 0 Å². The first-order chi connectivity index (χ1) is 3.63. The molecule has 0 saturated heterocycles. The number of carbonyl (C=O) groups is 2. The molecule has 4 nitrogen and oxygen atoms in total. The van der Waals surface area contributed by atoms with E-state index in [9.17, 15) is 14.7 Å². The quantitative estimate of drug-likeness (QED) is 0.351. The Morgan fingerprint density at radius 3 is 1.64 bits per heavy atom. The zero-order valence-corrected chi connectivity index (χ0v) is 11.0. The van der Waals surface area contributed by atoms with Crippen molar-refractivity contribution in [3.63, 3.8) is 0 Å². The third kappa shape index (κ3) is 24.8. The second-order valence-electron chi connectivity index (χ2n) is 0.991. The molecule has 11 heavy (non-hydrogen) atoms. The predicted octanol–water partition coefficient (Wildman–Crippen LogP) is -10.6. The second kappa shape index (κ2) is 13.6. The van der Waals surface area contributed by atoms with Gasteiger partial charge in [0.1, 0.15) is 0 Å². The number of aliphatic carboxylic acids is 2. The monoisotopic (exact) mass is 196 g/mol. The van der Waals surface area contributed by atoms with Crippen LogP contribution >= 0.6 is 0 Å². The molecule has 0 atom stereocenters. The number of carboxylic acids is 2. The maximum atomic E-state index is 9.53. The van der Waals surface area contributed by atoms with Crippen molar-refractivity contribution in [1.82, 2.24) is 0 Å². The van der Waals surface area contributed by atoms with Gasteiger partial charge < -0.3 is 27.4 Å². The maximum Gasteiger partial charge on any atom is 1.00 e. The minimum absolute atomic E-state index is 0. The van der Waals surface area contributed by atoms with Crippen molar-refractivity contribution < 1.29 is 91.3 Å². The van der Waals surface area contributed by atoms with E-state index in [-0.39, 0.29) is 71.5 Å². The van der Waals surface area contributed by atoms with Gasteiger partial charge in [-0.15, -0.1) is 0 Å². The summed E-state index contributed by atoms with van der Waals surface area (Å²) < 4.78 is 0. The first-order valence-corrected chi connectivity index (χ1v) is 1.75. The molecule has 0 aliphatic rings. The molecule has 0 aliphatic carbocycles. The standard InChI is InChI=1S/C4H4O4.ClH.2Na/c5-3(6)1-2-4(7)8;;;/h1-2H,(H,5,6)(H,7,8);1H;;/q;;2*+1/p-2/b2-1+;;;. The molecule has 0 bridgehead atoms. The van der Waals surface area contributed by atoms with Crippen LogP contribution in [0.3, 0.4) is 0 Å². The van der Waals surface area contributed by atoms with Crippen LogP contribution in [0.5, 0.6) is 0 Å². The molecular weight excluding hydrogens is 193 g/mol. The summed E-state index contributed by atoms with van der Waals surface area (Å²) in [7, 11) is 0. The van der Waals surface area contributed by atoms with Crippen LogP contribution in [0, 0.1) is 0 Å². The Bertz CT molecular complexity index is 131. The van der Waals surface area contributed by atoms with Crippen molar-refractivity contribution >= 4 is 11.9 Å². The topological polar surface area (TPSA) is 77.4 Å². The van der Waals surface area contributed by atoms with Gasteiger partial charge in [-0.05, 0) is 6.08 Å². The fraction of sp³-hybridized carbons (Fsp3) is 0. The summed E-state index contributed by atoms with van der Waals surface area (Å²) in [5, 5.41) is 17.2. The van der Waals surface area contributed by atoms with E-state index < -0.39 is 11.9 Å². The van der Waals surface area contributed by atoms with Gasteiger partial charge in [0.2, 0.25) is 0 Å². The first kappa shape index (κ1) is 22.7. The fourth-order valence-electron chi connectivity index (χ4n) is 0.139. The van der Waals surface area contributed by atoms with Gasteiger partial charge in [-0.1, -0.05) is 0 Å². The zero-order valence-electron chi connectivity index (χ0n) is 6.20. The van der Waals surface area contributed by atoms with Crippen molar-refractivity contribution in [2.24, 2.45) is 0 Å². The Morgan fingerprint density at radius 1 is 1.18 bits per heavy atom. The van der Waals surface area contributed by atoms with Crippen LogP contribution in [-0.4, -0.2) is 17.0 Å². The molecular formula is C4H3ClNa2O4. The molecule has 0 amide bonds. The summed E-state index contributed by atoms with van der Waals surface area (Å²) in [5.41, 5.74) is 0. The average Bonchev–Trinajstić information content (AvgIpc) is 1.61. The third-order valence-corrected chi connectivity index (χ3v) is 0.362. The molecule has 0 heterocycles. The third-order valence-electron chi connectivity index (χ3n) is 0.362. The molecule has 52 valence electrons. The number of hydrogen-bond acceptors (Lipinski definition) is 3. The van der Waals surface area contributed by atoms with Crippen molar-refractivity contribution in [2.45, 2.75) is 0 Å². The number of carboxylic acid groups (broad SMARTS) is 2. The van der Waals surface area contributed by atoms with Crippen LogP contribution in [-0.2, 0) is 9.59 Å². The molecule has 0 radical (unpaired) electrons. The molecule has 0 aromatic carbocycles. The van der Waals surface area contributed by atoms with Gasteiger partial charge in [0, 0.05) is 6.08 Å². The molecule has 7 heteroatoms. The van der Waals surface area contributed by atoms with Gasteiger partial charge >= 0.3 is 65.1 Å². The van der Waals surface area contributed by atoms with Crippen LogP contribution in [0.4, 0.5) is 0 Å². The van der Waals surface area contributed by atoms with E-state index in [1.54, 1.807) is 0 Å². The molecule has 0 aromatic rings. The molecule has 0 fully saturated rings. The molecule has 1 N–H and O–H groups in total. The number of halogens is 1. The van der Waals surface area contributed by atoms with Gasteiger partial charge in [0.25, 0.3) is 0 Å². The Hall–Kier alpha value is 0.970. The minimum Gasteiger partial charge on any atom is -1.00 e. The molecule has 0 aromatic heterocycles. The van der Waals surface area contributed by atoms with Gasteiger partial charge in [0.05, 0.1) is 5.97 Å². The first-order valence-electron chi connectivity index (χ1n) is 1.75. The van der Waals surface area contributed by atoms with Gasteiger partial charge in [-0.2, -0.15) is 0 Å². The van der Waals surface area contributed by atoms with Crippen molar-refractivity contribution in [3.05, 3.63) is 12.2 Å². The van der Waals surface area contributed by atoms with E-state index >= 15 is 0 Å². The number of rotatable bonds is 2. The molecule has 0 spiro atoms. The van der Waals surface area contributed by atoms with Crippen LogP contribution in [0.2, 0.25) is 0 Å². The maximum absolute atomic E-state index is 9.53. The summed E-state index contributed by atoms with van der Waals surface area (Å²) in [5.74, 6) is -2.80. The average molecular weight is 196 g/mol. The fourth-order valence-corrected chi connectivity index (χ4v) is 0.139. The van der Waals surface area contributed by atoms with Crippen LogP contribution < -0.4 is 76.6 Å². The van der Waals surface area contributed by atoms with Crippen molar-refractivity contribution in [2.75, 3.05) is 0 Å². The Kier molecular flexibility index (Phi) is 27.9. The summed E-state index contributed by atoms with van der Waals surface area (Å²) in [6.45, 7) is 0. The van der Waals surface area contributed by atoms with Crippen LogP contribution in [0.15, 0.2) is 12.2 Å². The normalized spacial score (nSPS) is 6.91. The van der Waals surface area contributed by atoms with E-state index in [4.69, 9.17) is 5.11 Å². The second-order valence-corrected chi connectivity index (χ2v) is 0.991. The van der Waals surface area contributed by atoms with Gasteiger partial charge in [-0.3, -0.25) is 0 Å². The van der Waals surface area contributed by atoms with Crippen LogP contribution in [0.25, 0.3) is 0 Å². The molecule has 0 unspecified atom stereocenters. The predicted molar refractivity (Wildman–Crippen MR) is 21.8 cm³/mol. The minimum atomic E-state index is -1.51. The largest absolute Gasteiger partial charge is 1.00 e. The van der Waals surface area contributed by atoms with Gasteiger partial charge in [0.15, 0.2) is 0 Å².